The van der Waals surface area contributed by atoms with Crippen molar-refractivity contribution in [3.8, 4) is 11.5 Å². The van der Waals surface area contributed by atoms with Crippen molar-refractivity contribution in [2.45, 2.75) is 21.4 Å². The Balaban J connectivity index is 0.00000561. The van der Waals surface area contributed by atoms with Gasteiger partial charge in [-0.1, -0.05) is 53.4 Å². The Bertz CT molecular complexity index is 2060. The summed E-state index contributed by atoms with van der Waals surface area (Å²) >= 11 is 3.54. The number of hydrazone groups is 1. The number of phenolic OH excluding ortho intramolecular Hbond substituents is 2. The third-order valence-corrected chi connectivity index (χ3v) is 11.5. The number of benzene rings is 2. The number of aliphatic carboxylic acids is 1. The van der Waals surface area contributed by atoms with Crippen molar-refractivity contribution in [1.82, 2.24) is 41.0 Å². The SMILES string of the molecule is O=CN[C@@]1(NC(=O)[C@H](NC(=O)N2CCN(N=Cc3ccc(O)c(O)c3)C(=O)C2=O)c2ccccc2)C(=O)N2C(C(=O)[O-])=C(CSc3nncs3)CS[C@@H]21.[Na+]. The standard InChI is InChI=1S/C31H27N9O10S3.Na/c41-14-32-31(27(49)40-22(26(47)48)18(12-51-28(31)40)13-52-30-37-33-15-53-30)36-23(44)21(17-4-2-1-3-5-17)35-29(50)38-8-9-39(25(46)24(38)45)34-11-16-6-7-19(42)20(43)10-16;/h1-7,10-11,14-15,21,28,42-43H,8-9,12-13H2,(H,32,41)(H,35,50)(H,36,44)(H,47,48);/q;+1/p-1/t21-,28-,31-;/m1./s1. The third kappa shape index (κ3) is 7.93. The molecule has 0 bridgehead atoms. The molecule has 274 valence electrons. The first-order chi connectivity index (χ1) is 25.4. The molecule has 3 aliphatic rings. The van der Waals surface area contributed by atoms with Gasteiger partial charge in [0.15, 0.2) is 15.8 Å². The van der Waals surface area contributed by atoms with Crippen molar-refractivity contribution in [3.05, 3.63) is 76.4 Å². The molecule has 1 aromatic heterocycles. The van der Waals surface area contributed by atoms with Gasteiger partial charge in [-0.25, -0.2) is 9.80 Å². The number of aromatic hydroxyl groups is 2. The Morgan fingerprint density at radius 3 is 2.52 bits per heavy atom. The number of carboxylic acids is 1. The molecule has 0 aliphatic carbocycles. The summed E-state index contributed by atoms with van der Waals surface area (Å²) in [6.45, 7) is -0.565. The second kappa shape index (κ2) is 17.0. The third-order valence-electron chi connectivity index (χ3n) is 8.11. The van der Waals surface area contributed by atoms with E-state index < -0.39 is 64.2 Å². The van der Waals surface area contributed by atoms with Crippen molar-refractivity contribution in [2.75, 3.05) is 24.6 Å². The Morgan fingerprint density at radius 2 is 1.85 bits per heavy atom. The number of urea groups is 1. The van der Waals surface area contributed by atoms with Gasteiger partial charge in [-0.15, -0.1) is 22.0 Å². The molecule has 3 atom stereocenters. The average molecular weight is 804 g/mol. The van der Waals surface area contributed by atoms with Crippen LogP contribution in [0.15, 0.2) is 74.8 Å². The molecule has 0 spiro atoms. The van der Waals surface area contributed by atoms with Gasteiger partial charge in [0, 0.05) is 11.5 Å². The van der Waals surface area contributed by atoms with Crippen LogP contribution < -0.4 is 50.6 Å². The summed E-state index contributed by atoms with van der Waals surface area (Å²) < 4.78 is 0.574. The number of carboxylic acid groups (broad SMARTS) is 1. The van der Waals surface area contributed by atoms with E-state index in [2.05, 4.69) is 31.2 Å². The Hall–Kier alpha value is -5.00. The van der Waals surface area contributed by atoms with Gasteiger partial charge >= 0.3 is 47.4 Å². The number of fused-ring (bicyclic) bond motifs is 1. The fourth-order valence-corrected chi connectivity index (χ4v) is 8.62. The van der Waals surface area contributed by atoms with E-state index in [0.29, 0.717) is 20.4 Å². The quantitative estimate of drug-likeness (QED) is 0.0170. The number of carbonyl (C=O) groups excluding carboxylic acids is 7. The fraction of sp³-hybridized carbons (Fsp3) is 0.226. The van der Waals surface area contributed by atoms with Crippen LogP contribution in [0.25, 0.3) is 0 Å². The van der Waals surface area contributed by atoms with E-state index in [0.717, 1.165) is 21.7 Å². The number of nitrogens with one attached hydrogen (secondary N) is 3. The molecule has 0 saturated carbocycles. The number of rotatable bonds is 12. The molecule has 23 heteroatoms. The molecule has 2 saturated heterocycles. The molecule has 0 radical (unpaired) electrons. The van der Waals surface area contributed by atoms with E-state index in [9.17, 15) is 48.9 Å². The van der Waals surface area contributed by atoms with Crippen LogP contribution in [0.4, 0.5) is 4.79 Å². The van der Waals surface area contributed by atoms with Crippen molar-refractivity contribution < 1.29 is 78.4 Å². The van der Waals surface area contributed by atoms with Crippen molar-refractivity contribution >= 4 is 83.1 Å². The van der Waals surface area contributed by atoms with Crippen LogP contribution in [-0.2, 0) is 28.8 Å². The normalized spacial score (nSPS) is 20.1. The van der Waals surface area contributed by atoms with E-state index in [1.165, 1.54) is 65.2 Å². The molecule has 3 aromatic rings. The predicted octanol–water partition coefficient (Wildman–Crippen LogP) is -4.32. The van der Waals surface area contributed by atoms with Crippen LogP contribution in [0.2, 0.25) is 0 Å². The number of phenols is 2. The minimum absolute atomic E-state index is 0. The minimum atomic E-state index is -2.14. The van der Waals surface area contributed by atoms with E-state index >= 15 is 0 Å². The molecule has 6 rings (SSSR count). The average Bonchev–Trinajstić information content (AvgIpc) is 3.68. The largest absolute Gasteiger partial charge is 1.00 e. The predicted molar refractivity (Wildman–Crippen MR) is 184 cm³/mol. The zero-order valence-electron chi connectivity index (χ0n) is 27.9. The monoisotopic (exact) mass is 803 g/mol. The second-order valence-electron chi connectivity index (χ2n) is 11.3. The van der Waals surface area contributed by atoms with Gasteiger partial charge in [0.2, 0.25) is 18.0 Å². The number of hydrogen-bond donors (Lipinski definition) is 5. The maximum Gasteiger partial charge on any atom is 1.00 e. The molecular formula is C31H26N9NaO10S3. The Kier molecular flexibility index (Phi) is 12.6. The van der Waals surface area contributed by atoms with Gasteiger partial charge in [0.25, 0.3) is 5.91 Å². The van der Waals surface area contributed by atoms with Crippen LogP contribution >= 0.6 is 34.9 Å². The van der Waals surface area contributed by atoms with Crippen LogP contribution in [0.5, 0.6) is 11.5 Å². The number of hydrogen-bond acceptors (Lipinski definition) is 16. The molecule has 54 heavy (non-hydrogen) atoms. The zero-order chi connectivity index (χ0) is 37.9. The van der Waals surface area contributed by atoms with E-state index in [-0.39, 0.29) is 71.9 Å². The zero-order valence-corrected chi connectivity index (χ0v) is 32.4. The topological polar surface area (TPSA) is 267 Å². The number of imide groups is 1. The molecular weight excluding hydrogens is 778 g/mol. The van der Waals surface area contributed by atoms with Gasteiger partial charge in [-0.2, -0.15) is 5.10 Å². The fourth-order valence-electron chi connectivity index (χ4n) is 5.57. The first kappa shape index (κ1) is 40.2. The summed E-state index contributed by atoms with van der Waals surface area (Å²) in [5, 5.41) is 50.0. The number of piperazine rings is 1. The summed E-state index contributed by atoms with van der Waals surface area (Å²) in [6.07, 6.45) is 1.34. The number of aromatic nitrogens is 2. The maximum atomic E-state index is 14.0. The summed E-state index contributed by atoms with van der Waals surface area (Å²) in [5.41, 5.74) is -0.180. The second-order valence-corrected chi connectivity index (χ2v) is 14.4. The van der Waals surface area contributed by atoms with Crippen molar-refractivity contribution in [3.63, 3.8) is 0 Å². The van der Waals surface area contributed by atoms with Gasteiger partial charge in [-0.3, -0.25) is 33.8 Å². The summed E-state index contributed by atoms with van der Waals surface area (Å²) in [7, 11) is 0. The summed E-state index contributed by atoms with van der Waals surface area (Å²) in [4.78, 5) is 92.8. The van der Waals surface area contributed by atoms with E-state index in [4.69, 9.17) is 0 Å². The van der Waals surface area contributed by atoms with Crippen molar-refractivity contribution in [1.29, 1.82) is 0 Å². The smallest absolute Gasteiger partial charge is 0.543 e. The Morgan fingerprint density at radius 1 is 1.09 bits per heavy atom. The van der Waals surface area contributed by atoms with Gasteiger partial charge in [0.05, 0.1) is 31.0 Å². The molecule has 19 nitrogen and oxygen atoms in total. The molecule has 3 aliphatic heterocycles. The van der Waals surface area contributed by atoms with E-state index in [1.807, 2.05) is 0 Å². The molecule has 2 aromatic carbocycles. The van der Waals surface area contributed by atoms with Crippen LogP contribution in [0.1, 0.15) is 17.2 Å². The first-order valence-electron chi connectivity index (χ1n) is 15.3. The Labute approximate surface area is 339 Å². The number of carbonyl (C=O) groups is 7. The molecule has 0 unspecified atom stereocenters. The molecule has 7 amide bonds. The maximum absolute atomic E-state index is 14.0. The molecule has 4 heterocycles. The first-order valence-corrected chi connectivity index (χ1v) is 18.2. The van der Waals surface area contributed by atoms with Crippen LogP contribution in [0, 0.1) is 0 Å². The molecule has 2 fully saturated rings. The van der Waals surface area contributed by atoms with Crippen LogP contribution in [0.3, 0.4) is 0 Å². The molecule has 5 N–H and O–H groups in total. The summed E-state index contributed by atoms with van der Waals surface area (Å²) in [6, 6.07) is 8.79. The van der Waals surface area contributed by atoms with Gasteiger partial charge in [-0.05, 0) is 34.9 Å². The van der Waals surface area contributed by atoms with Gasteiger partial charge < -0.3 is 36.1 Å². The number of β-lactam (4-membered cyclic amide) rings is 1. The van der Waals surface area contributed by atoms with Crippen LogP contribution in [-0.4, -0.2) is 119 Å². The number of thioether (sulfide) groups is 2. The number of amides is 7. The number of nitrogens with zero attached hydrogens (tertiary/aromatic N) is 6. The van der Waals surface area contributed by atoms with Gasteiger partial charge in [0.1, 0.15) is 16.9 Å². The van der Waals surface area contributed by atoms with E-state index in [1.54, 1.807) is 18.2 Å². The van der Waals surface area contributed by atoms with Crippen molar-refractivity contribution in [2.24, 2.45) is 5.10 Å². The minimum Gasteiger partial charge on any atom is -0.543 e. The summed E-state index contributed by atoms with van der Waals surface area (Å²) in [5.74, 6) is -6.63.